The Kier molecular flexibility index (Phi) is 4.84. The van der Waals surface area contributed by atoms with Gasteiger partial charge >= 0.3 is 5.97 Å². The van der Waals surface area contributed by atoms with Crippen LogP contribution in [0.15, 0.2) is 18.2 Å². The predicted molar refractivity (Wildman–Crippen MR) is 75.2 cm³/mol. The van der Waals surface area contributed by atoms with E-state index in [-0.39, 0.29) is 12.5 Å². The van der Waals surface area contributed by atoms with E-state index in [1.54, 1.807) is 13.2 Å². The van der Waals surface area contributed by atoms with Crippen molar-refractivity contribution in [2.24, 2.45) is 5.73 Å². The molecule has 0 heterocycles. The van der Waals surface area contributed by atoms with Crippen molar-refractivity contribution in [3.63, 3.8) is 0 Å². The molecule has 20 heavy (non-hydrogen) atoms. The van der Waals surface area contributed by atoms with Crippen LogP contribution in [-0.4, -0.2) is 30.3 Å². The van der Waals surface area contributed by atoms with Gasteiger partial charge in [0, 0.05) is 0 Å². The fourth-order valence-electron chi connectivity index (χ4n) is 2.46. The number of nitrogens with two attached hydrogens (primary N) is 1. The standard InChI is InChI=1S/C15H21NO4/c1-19-14-9-10(8-12(16)15(17)18)6-7-13(14)20-11-4-2-3-5-11/h6-7,9,11-12H,2-5,8,16H2,1H3,(H,17,18). The lowest BCUT2D eigenvalue weighted by atomic mass is 10.1. The van der Waals surface area contributed by atoms with Crippen LogP contribution in [0.3, 0.4) is 0 Å². The van der Waals surface area contributed by atoms with Gasteiger partial charge in [0.15, 0.2) is 11.5 Å². The van der Waals surface area contributed by atoms with Gasteiger partial charge in [-0.1, -0.05) is 6.07 Å². The minimum atomic E-state index is -1.00. The minimum Gasteiger partial charge on any atom is -0.493 e. The van der Waals surface area contributed by atoms with Gasteiger partial charge in [-0.15, -0.1) is 0 Å². The number of methoxy groups -OCH3 is 1. The van der Waals surface area contributed by atoms with Gasteiger partial charge in [-0.3, -0.25) is 4.79 Å². The lowest BCUT2D eigenvalue weighted by Gasteiger charge is -2.17. The number of hydrogen-bond donors (Lipinski definition) is 2. The maximum atomic E-state index is 10.8. The number of carboxylic acid groups (broad SMARTS) is 1. The molecule has 1 aliphatic carbocycles. The van der Waals surface area contributed by atoms with E-state index in [9.17, 15) is 4.79 Å². The quantitative estimate of drug-likeness (QED) is 0.832. The summed E-state index contributed by atoms with van der Waals surface area (Å²) >= 11 is 0. The second kappa shape index (κ2) is 6.61. The van der Waals surface area contributed by atoms with E-state index in [1.165, 1.54) is 12.8 Å². The average Bonchev–Trinajstić information content (AvgIpc) is 2.93. The molecule has 1 fully saturated rings. The first-order valence-corrected chi connectivity index (χ1v) is 6.92. The van der Waals surface area contributed by atoms with Gasteiger partial charge in [-0.2, -0.15) is 0 Å². The zero-order valence-corrected chi connectivity index (χ0v) is 11.7. The first-order valence-electron chi connectivity index (χ1n) is 6.92. The largest absolute Gasteiger partial charge is 0.493 e. The molecule has 1 unspecified atom stereocenters. The van der Waals surface area contributed by atoms with Gasteiger partial charge in [0.1, 0.15) is 6.04 Å². The van der Waals surface area contributed by atoms with Crippen LogP contribution < -0.4 is 15.2 Å². The Morgan fingerprint density at radius 1 is 1.40 bits per heavy atom. The van der Waals surface area contributed by atoms with E-state index >= 15 is 0 Å². The summed E-state index contributed by atoms with van der Waals surface area (Å²) in [6.45, 7) is 0. The van der Waals surface area contributed by atoms with E-state index in [4.69, 9.17) is 20.3 Å². The lowest BCUT2D eigenvalue weighted by molar-refractivity contribution is -0.138. The summed E-state index contributed by atoms with van der Waals surface area (Å²) in [6, 6.07) is 4.57. The Labute approximate surface area is 118 Å². The monoisotopic (exact) mass is 279 g/mol. The third kappa shape index (κ3) is 3.63. The molecule has 110 valence electrons. The fourth-order valence-corrected chi connectivity index (χ4v) is 2.46. The van der Waals surface area contributed by atoms with Crippen LogP contribution in [0.4, 0.5) is 0 Å². The summed E-state index contributed by atoms with van der Waals surface area (Å²) < 4.78 is 11.3. The Balaban J connectivity index is 2.08. The number of hydrogen-bond acceptors (Lipinski definition) is 4. The molecule has 5 nitrogen and oxygen atoms in total. The summed E-state index contributed by atoms with van der Waals surface area (Å²) in [5, 5.41) is 8.83. The highest BCUT2D eigenvalue weighted by atomic mass is 16.5. The van der Waals surface area contributed by atoms with Crippen molar-refractivity contribution in [1.29, 1.82) is 0 Å². The molecule has 1 aromatic carbocycles. The molecular formula is C15H21NO4. The van der Waals surface area contributed by atoms with E-state index in [1.807, 2.05) is 12.1 Å². The Bertz CT molecular complexity index is 469. The zero-order chi connectivity index (χ0) is 14.5. The summed E-state index contributed by atoms with van der Waals surface area (Å²) in [5.41, 5.74) is 6.37. The molecule has 1 saturated carbocycles. The lowest BCUT2D eigenvalue weighted by Crippen LogP contribution is -2.32. The molecule has 0 aliphatic heterocycles. The zero-order valence-electron chi connectivity index (χ0n) is 11.7. The SMILES string of the molecule is COc1cc(CC(N)C(=O)O)ccc1OC1CCCC1. The minimum absolute atomic E-state index is 0.260. The van der Waals surface area contributed by atoms with Crippen molar-refractivity contribution >= 4 is 5.97 Å². The van der Waals surface area contributed by atoms with Crippen LogP contribution >= 0.6 is 0 Å². The van der Waals surface area contributed by atoms with Crippen molar-refractivity contribution in [2.75, 3.05) is 7.11 Å². The Morgan fingerprint density at radius 2 is 2.10 bits per heavy atom. The van der Waals surface area contributed by atoms with Crippen LogP contribution in [0.5, 0.6) is 11.5 Å². The van der Waals surface area contributed by atoms with Gasteiger partial charge in [0.25, 0.3) is 0 Å². The molecule has 0 bridgehead atoms. The molecule has 1 atom stereocenters. The fraction of sp³-hybridized carbons (Fsp3) is 0.533. The molecule has 0 aromatic heterocycles. The molecule has 5 heteroatoms. The number of benzene rings is 1. The topological polar surface area (TPSA) is 81.8 Å². The molecule has 1 aliphatic rings. The summed E-state index contributed by atoms with van der Waals surface area (Å²) in [7, 11) is 1.58. The van der Waals surface area contributed by atoms with E-state index in [0.717, 1.165) is 18.4 Å². The summed E-state index contributed by atoms with van der Waals surface area (Å²) in [5.74, 6) is 0.342. The van der Waals surface area contributed by atoms with Crippen molar-refractivity contribution in [1.82, 2.24) is 0 Å². The molecule has 3 N–H and O–H groups in total. The second-order valence-corrected chi connectivity index (χ2v) is 5.16. The molecule has 0 spiro atoms. The normalized spacial score (nSPS) is 16.9. The summed E-state index contributed by atoms with van der Waals surface area (Å²) in [4.78, 5) is 10.8. The highest BCUT2D eigenvalue weighted by Gasteiger charge is 2.19. The number of ether oxygens (including phenoxy) is 2. The third-order valence-corrected chi connectivity index (χ3v) is 3.60. The maximum absolute atomic E-state index is 10.8. The van der Waals surface area contributed by atoms with Crippen molar-refractivity contribution in [3.8, 4) is 11.5 Å². The second-order valence-electron chi connectivity index (χ2n) is 5.16. The van der Waals surface area contributed by atoms with E-state index < -0.39 is 12.0 Å². The van der Waals surface area contributed by atoms with Gasteiger partial charge in [0.2, 0.25) is 0 Å². The van der Waals surface area contributed by atoms with Gasteiger partial charge in [-0.25, -0.2) is 0 Å². The Morgan fingerprint density at radius 3 is 2.70 bits per heavy atom. The molecule has 0 saturated heterocycles. The van der Waals surface area contributed by atoms with Gasteiger partial charge in [0.05, 0.1) is 13.2 Å². The highest BCUT2D eigenvalue weighted by Crippen LogP contribution is 2.32. The van der Waals surface area contributed by atoms with Gasteiger partial charge in [-0.05, 0) is 49.8 Å². The van der Waals surface area contributed by atoms with Gasteiger partial charge < -0.3 is 20.3 Å². The van der Waals surface area contributed by atoms with Crippen molar-refractivity contribution < 1.29 is 19.4 Å². The molecular weight excluding hydrogens is 258 g/mol. The van der Waals surface area contributed by atoms with Crippen molar-refractivity contribution in [2.45, 2.75) is 44.2 Å². The van der Waals surface area contributed by atoms with Crippen LogP contribution in [0.1, 0.15) is 31.2 Å². The van der Waals surface area contributed by atoms with Crippen LogP contribution in [0.25, 0.3) is 0 Å². The number of carboxylic acids is 1. The number of aliphatic carboxylic acids is 1. The van der Waals surface area contributed by atoms with Crippen molar-refractivity contribution in [3.05, 3.63) is 23.8 Å². The maximum Gasteiger partial charge on any atom is 0.320 e. The van der Waals surface area contributed by atoms with Crippen LogP contribution in [-0.2, 0) is 11.2 Å². The first kappa shape index (κ1) is 14.7. The predicted octanol–water partition coefficient (Wildman–Crippen LogP) is 1.97. The molecule has 0 radical (unpaired) electrons. The molecule has 1 aromatic rings. The highest BCUT2D eigenvalue weighted by molar-refractivity contribution is 5.73. The number of carbonyl (C=O) groups is 1. The summed E-state index contributed by atoms with van der Waals surface area (Å²) in [6.07, 6.45) is 5.10. The Hall–Kier alpha value is -1.75. The van der Waals surface area contributed by atoms with E-state index in [2.05, 4.69) is 0 Å². The van der Waals surface area contributed by atoms with Crippen LogP contribution in [0, 0.1) is 0 Å². The third-order valence-electron chi connectivity index (χ3n) is 3.60. The molecule has 2 rings (SSSR count). The first-order chi connectivity index (χ1) is 9.60. The molecule has 0 amide bonds. The average molecular weight is 279 g/mol. The van der Waals surface area contributed by atoms with Crippen LogP contribution in [0.2, 0.25) is 0 Å². The number of rotatable bonds is 6. The van der Waals surface area contributed by atoms with E-state index in [0.29, 0.717) is 11.5 Å². The smallest absolute Gasteiger partial charge is 0.320 e.